The summed E-state index contributed by atoms with van der Waals surface area (Å²) in [4.78, 5) is 17.3. The minimum atomic E-state index is -0.408. The maximum atomic E-state index is 13.2. The number of carbonyl (C=O) groups is 1. The summed E-state index contributed by atoms with van der Waals surface area (Å²) < 4.78 is 14.7. The average Bonchev–Trinajstić information content (AvgIpc) is 3.31. The number of benzene rings is 2. The maximum absolute atomic E-state index is 13.2. The molecular formula is C20H13Cl2FN4OS. The lowest BCUT2D eigenvalue weighted by molar-refractivity contribution is 0.102. The molecular weight excluding hydrogens is 434 g/mol. The number of carbonyl (C=O) groups excluding carboxylic acids is 1. The fourth-order valence-electron chi connectivity index (χ4n) is 2.70. The van der Waals surface area contributed by atoms with Gasteiger partial charge in [0.25, 0.3) is 5.91 Å². The smallest absolute Gasteiger partial charge is 0.258 e. The zero-order valence-corrected chi connectivity index (χ0v) is 17.3. The van der Waals surface area contributed by atoms with Crippen LogP contribution in [0.15, 0.2) is 53.9 Å². The van der Waals surface area contributed by atoms with Crippen molar-refractivity contribution < 1.29 is 9.18 Å². The van der Waals surface area contributed by atoms with Gasteiger partial charge < -0.3 is 5.32 Å². The number of aromatic nitrogens is 3. The number of nitrogens with one attached hydrogen (secondary N) is 1. The summed E-state index contributed by atoms with van der Waals surface area (Å²) in [7, 11) is 0. The van der Waals surface area contributed by atoms with Crippen molar-refractivity contribution in [1.82, 2.24) is 14.8 Å². The molecule has 0 fully saturated rings. The van der Waals surface area contributed by atoms with E-state index in [0.717, 1.165) is 5.56 Å². The lowest BCUT2D eigenvalue weighted by atomic mass is 10.2. The van der Waals surface area contributed by atoms with E-state index < -0.39 is 5.91 Å². The highest BCUT2D eigenvalue weighted by atomic mass is 35.5. The van der Waals surface area contributed by atoms with Gasteiger partial charge in [-0.1, -0.05) is 23.2 Å². The van der Waals surface area contributed by atoms with Gasteiger partial charge >= 0.3 is 0 Å². The Labute approximate surface area is 179 Å². The largest absolute Gasteiger partial charge is 0.306 e. The van der Waals surface area contributed by atoms with Crippen molar-refractivity contribution in [3.05, 3.63) is 81.0 Å². The molecule has 0 atom stereocenters. The summed E-state index contributed by atoms with van der Waals surface area (Å²) in [6.07, 6.45) is 0. The third-order valence-electron chi connectivity index (χ3n) is 4.06. The van der Waals surface area contributed by atoms with Crippen LogP contribution < -0.4 is 5.32 Å². The molecule has 0 saturated carbocycles. The number of aryl methyl sites for hydroxylation is 1. The third-order valence-corrected chi connectivity index (χ3v) is 5.44. The Hall–Kier alpha value is -2.74. The molecule has 0 unspecified atom stereocenters. The van der Waals surface area contributed by atoms with E-state index in [0.29, 0.717) is 32.4 Å². The Morgan fingerprint density at radius 1 is 1.14 bits per heavy atom. The number of hydrogen-bond acceptors (Lipinski definition) is 4. The normalized spacial score (nSPS) is 10.9. The number of nitrogens with zero attached hydrogens (tertiary/aromatic N) is 3. The lowest BCUT2D eigenvalue weighted by Crippen LogP contribution is -2.15. The molecule has 0 aliphatic heterocycles. The first-order valence-electron chi connectivity index (χ1n) is 8.45. The fourth-order valence-corrected chi connectivity index (χ4v) is 3.88. The number of halogens is 3. The van der Waals surface area contributed by atoms with Crippen molar-refractivity contribution in [2.75, 3.05) is 5.32 Å². The SMILES string of the molecule is Cc1cc(NC(=O)c2cc(Cl)ccc2Cl)n(-c2nc(-c3ccc(F)cc3)cs2)n1. The van der Waals surface area contributed by atoms with Gasteiger partial charge in [0, 0.05) is 22.0 Å². The quantitative estimate of drug-likeness (QED) is 0.417. The number of amides is 1. The minimum absolute atomic E-state index is 0.260. The molecule has 4 aromatic rings. The molecule has 9 heteroatoms. The van der Waals surface area contributed by atoms with E-state index in [-0.39, 0.29) is 11.4 Å². The van der Waals surface area contributed by atoms with Gasteiger partial charge in [0.1, 0.15) is 11.6 Å². The van der Waals surface area contributed by atoms with Gasteiger partial charge in [0.05, 0.1) is 22.0 Å². The second kappa shape index (κ2) is 7.94. The summed E-state index contributed by atoms with van der Waals surface area (Å²) in [5.41, 5.74) is 2.44. The van der Waals surface area contributed by atoms with E-state index in [1.807, 2.05) is 12.3 Å². The molecule has 0 saturated heterocycles. The first kappa shape index (κ1) is 19.6. The van der Waals surface area contributed by atoms with Crippen LogP contribution in [0.4, 0.5) is 10.2 Å². The van der Waals surface area contributed by atoms with Crippen LogP contribution in [-0.4, -0.2) is 20.7 Å². The highest BCUT2D eigenvalue weighted by Gasteiger charge is 2.17. The molecule has 2 aromatic carbocycles. The van der Waals surface area contributed by atoms with Crippen molar-refractivity contribution in [3.8, 4) is 16.4 Å². The van der Waals surface area contributed by atoms with Crippen LogP contribution in [-0.2, 0) is 0 Å². The number of anilines is 1. The number of thiazole rings is 1. The van der Waals surface area contributed by atoms with Gasteiger partial charge in [-0.2, -0.15) is 9.78 Å². The Morgan fingerprint density at radius 3 is 2.66 bits per heavy atom. The van der Waals surface area contributed by atoms with E-state index in [9.17, 15) is 9.18 Å². The van der Waals surface area contributed by atoms with E-state index >= 15 is 0 Å². The molecule has 5 nitrogen and oxygen atoms in total. The Kier molecular flexibility index (Phi) is 5.36. The Morgan fingerprint density at radius 2 is 1.90 bits per heavy atom. The average molecular weight is 447 g/mol. The minimum Gasteiger partial charge on any atom is -0.306 e. The van der Waals surface area contributed by atoms with Gasteiger partial charge in [0.2, 0.25) is 5.13 Å². The summed E-state index contributed by atoms with van der Waals surface area (Å²) >= 11 is 13.5. The topological polar surface area (TPSA) is 59.8 Å². The third kappa shape index (κ3) is 4.17. The van der Waals surface area contributed by atoms with E-state index in [1.54, 1.807) is 35.0 Å². The van der Waals surface area contributed by atoms with Gasteiger partial charge in [-0.15, -0.1) is 11.3 Å². The van der Waals surface area contributed by atoms with Crippen LogP contribution in [0, 0.1) is 12.7 Å². The van der Waals surface area contributed by atoms with Gasteiger partial charge in [-0.3, -0.25) is 4.79 Å². The van der Waals surface area contributed by atoms with Crippen LogP contribution in [0.5, 0.6) is 0 Å². The molecule has 2 aromatic heterocycles. The van der Waals surface area contributed by atoms with Crippen molar-refractivity contribution in [2.24, 2.45) is 0 Å². The maximum Gasteiger partial charge on any atom is 0.258 e. The second-order valence-corrected chi connectivity index (χ2v) is 7.86. The van der Waals surface area contributed by atoms with Gasteiger partial charge in [-0.25, -0.2) is 9.37 Å². The van der Waals surface area contributed by atoms with Crippen molar-refractivity contribution in [2.45, 2.75) is 6.92 Å². The first-order valence-corrected chi connectivity index (χ1v) is 10.1. The fraction of sp³-hybridized carbons (Fsp3) is 0.0500. The lowest BCUT2D eigenvalue weighted by Gasteiger charge is -2.08. The van der Waals surface area contributed by atoms with E-state index in [4.69, 9.17) is 23.2 Å². The van der Waals surface area contributed by atoms with Crippen LogP contribution in [0.1, 0.15) is 16.1 Å². The van der Waals surface area contributed by atoms with Crippen molar-refractivity contribution >= 4 is 46.3 Å². The number of hydrogen-bond donors (Lipinski definition) is 1. The molecule has 0 aliphatic rings. The molecule has 0 bridgehead atoms. The standard InChI is InChI=1S/C20H13Cl2FN4OS/c1-11-8-18(25-19(28)15-9-13(21)4-7-16(15)22)27(26-11)20-24-17(10-29-20)12-2-5-14(23)6-3-12/h2-10H,1H3,(H,25,28). The van der Waals surface area contributed by atoms with Crippen LogP contribution in [0.3, 0.4) is 0 Å². The van der Waals surface area contributed by atoms with Gasteiger partial charge in [-0.05, 0) is 49.4 Å². The molecule has 1 N–H and O–H groups in total. The Bertz CT molecular complexity index is 1200. The summed E-state index contributed by atoms with van der Waals surface area (Å²) in [6, 6.07) is 12.5. The van der Waals surface area contributed by atoms with Crippen molar-refractivity contribution in [1.29, 1.82) is 0 Å². The molecule has 0 radical (unpaired) electrons. The zero-order valence-electron chi connectivity index (χ0n) is 15.0. The second-order valence-electron chi connectivity index (χ2n) is 6.18. The molecule has 1 amide bonds. The van der Waals surface area contributed by atoms with Crippen LogP contribution in [0.25, 0.3) is 16.4 Å². The van der Waals surface area contributed by atoms with Crippen LogP contribution >= 0.6 is 34.5 Å². The highest BCUT2D eigenvalue weighted by Crippen LogP contribution is 2.27. The zero-order chi connectivity index (χ0) is 20.5. The van der Waals surface area contributed by atoms with Crippen molar-refractivity contribution in [3.63, 3.8) is 0 Å². The molecule has 4 rings (SSSR count). The summed E-state index contributed by atoms with van der Waals surface area (Å²) in [5.74, 6) is -0.269. The van der Waals surface area contributed by atoms with Crippen LogP contribution in [0.2, 0.25) is 10.0 Å². The molecule has 2 heterocycles. The Balaban J connectivity index is 1.64. The molecule has 0 spiro atoms. The predicted octanol–water partition coefficient (Wildman–Crippen LogP) is 6.00. The predicted molar refractivity (Wildman–Crippen MR) is 114 cm³/mol. The molecule has 146 valence electrons. The van der Waals surface area contributed by atoms with E-state index in [2.05, 4.69) is 15.4 Å². The van der Waals surface area contributed by atoms with E-state index in [1.165, 1.54) is 29.5 Å². The monoisotopic (exact) mass is 446 g/mol. The molecule has 29 heavy (non-hydrogen) atoms. The number of rotatable bonds is 4. The van der Waals surface area contributed by atoms with Gasteiger partial charge in [0.15, 0.2) is 0 Å². The first-order chi connectivity index (χ1) is 13.9. The molecule has 0 aliphatic carbocycles. The summed E-state index contributed by atoms with van der Waals surface area (Å²) in [5, 5.41) is 10.3. The highest BCUT2D eigenvalue weighted by molar-refractivity contribution is 7.12. The summed E-state index contributed by atoms with van der Waals surface area (Å²) in [6.45, 7) is 1.81.